The predicted molar refractivity (Wildman–Crippen MR) is 146 cm³/mol. The maximum atomic E-state index is 13.8. The molecule has 1 aliphatic rings. The monoisotopic (exact) mass is 607 g/mol. The van der Waals surface area contributed by atoms with Gasteiger partial charge in [-0.3, -0.25) is 0 Å². The summed E-state index contributed by atoms with van der Waals surface area (Å²) in [6, 6.07) is 12.6. The molecule has 0 spiro atoms. The lowest BCUT2D eigenvalue weighted by Gasteiger charge is -2.17. The number of methoxy groups -OCH3 is 1. The number of hydrogen-bond acceptors (Lipinski definition) is 8. The number of para-hydroxylation sites is 1. The number of rotatable bonds is 11. The Hall–Kier alpha value is -2.89. The van der Waals surface area contributed by atoms with Crippen LogP contribution in [0.15, 0.2) is 42.5 Å². The van der Waals surface area contributed by atoms with E-state index in [4.69, 9.17) is 14.2 Å². The van der Waals surface area contributed by atoms with Crippen molar-refractivity contribution in [2.45, 2.75) is 49.0 Å². The minimum atomic E-state index is -0.413. The van der Waals surface area contributed by atoms with Crippen LogP contribution in [0.25, 0.3) is 0 Å². The summed E-state index contributed by atoms with van der Waals surface area (Å²) < 4.78 is 31.3. The lowest BCUT2D eigenvalue weighted by molar-refractivity contribution is 0.201. The summed E-state index contributed by atoms with van der Waals surface area (Å²) >= 11 is 2.30. The van der Waals surface area contributed by atoms with Crippen LogP contribution in [0.4, 0.5) is 22.0 Å². The average Bonchev–Trinajstić information content (AvgIpc) is 3.16. The van der Waals surface area contributed by atoms with Gasteiger partial charge in [-0.15, -0.1) is 0 Å². The molecular weight excluding hydrogens is 576 g/mol. The molecule has 4 rings (SSSR count). The first-order chi connectivity index (χ1) is 17.6. The number of alkyl halides is 1. The summed E-state index contributed by atoms with van der Waals surface area (Å²) in [6.07, 6.45) is 7.06. The number of ether oxygens (including phenoxy) is 3. The Morgan fingerprint density at radius 3 is 2.42 bits per heavy atom. The van der Waals surface area contributed by atoms with E-state index in [-0.39, 0.29) is 25.0 Å². The lowest BCUT2D eigenvalue weighted by Crippen LogP contribution is -2.21. The second kappa shape index (κ2) is 13.4. The predicted octanol–water partition coefficient (Wildman–Crippen LogP) is 6.29. The highest BCUT2D eigenvalue weighted by atomic mass is 127. The zero-order chi connectivity index (χ0) is 25.2. The van der Waals surface area contributed by atoms with Gasteiger partial charge in [0.25, 0.3) is 0 Å². The molecule has 1 saturated carbocycles. The summed E-state index contributed by atoms with van der Waals surface area (Å²) in [4.78, 5) is 13.5. The highest BCUT2D eigenvalue weighted by Gasteiger charge is 2.16. The molecule has 192 valence electrons. The van der Waals surface area contributed by atoms with Gasteiger partial charge < -0.3 is 24.8 Å². The number of anilines is 3. The van der Waals surface area contributed by atoms with Gasteiger partial charge in [0.1, 0.15) is 19.0 Å². The molecule has 10 heteroatoms. The van der Waals surface area contributed by atoms with Gasteiger partial charge in [-0.05, 0) is 43.2 Å². The van der Waals surface area contributed by atoms with Crippen LogP contribution in [-0.2, 0) is 4.43 Å². The first-order valence-corrected chi connectivity index (χ1v) is 13.7. The first kappa shape index (κ1) is 26.2. The first-order valence-electron chi connectivity index (χ1n) is 12.2. The number of nitrogens with zero attached hydrogens (tertiary/aromatic N) is 3. The largest absolute Gasteiger partial charge is 0.496 e. The van der Waals surface area contributed by atoms with E-state index < -0.39 is 5.82 Å². The van der Waals surface area contributed by atoms with Gasteiger partial charge >= 0.3 is 6.01 Å². The molecule has 1 heterocycles. The van der Waals surface area contributed by atoms with Crippen molar-refractivity contribution in [3.8, 4) is 17.5 Å². The van der Waals surface area contributed by atoms with Crippen LogP contribution >= 0.6 is 22.6 Å². The number of hydrogen-bond donors (Lipinski definition) is 2. The molecule has 0 unspecified atom stereocenters. The fourth-order valence-electron chi connectivity index (χ4n) is 4.08. The third-order valence-corrected chi connectivity index (χ3v) is 6.71. The zero-order valence-electron chi connectivity index (χ0n) is 20.3. The van der Waals surface area contributed by atoms with E-state index >= 15 is 0 Å². The molecule has 0 radical (unpaired) electrons. The molecule has 0 bridgehead atoms. The standard InChI is InChI=1S/C26H31FIN5O3/c1-34-22-13-12-20(16-18(22)17-28)30-25-31-24(29-19-8-4-2-3-5-9-19)32-26(33-25)36-15-14-35-23-11-7-6-10-21(23)27/h6-7,10-13,16,19H,2-5,8-9,14-15,17H2,1H3,(H2,29,30,31,32,33). The molecule has 8 nitrogen and oxygen atoms in total. The van der Waals surface area contributed by atoms with Crippen LogP contribution < -0.4 is 24.8 Å². The van der Waals surface area contributed by atoms with Crippen molar-refractivity contribution in [3.05, 3.63) is 53.8 Å². The Morgan fingerprint density at radius 1 is 0.917 bits per heavy atom. The summed E-state index contributed by atoms with van der Waals surface area (Å²) in [5, 5.41) is 6.73. The smallest absolute Gasteiger partial charge is 0.323 e. The third kappa shape index (κ3) is 7.55. The number of halogens is 2. The van der Waals surface area contributed by atoms with E-state index in [0.29, 0.717) is 17.9 Å². The maximum absolute atomic E-state index is 13.8. The molecule has 0 amide bonds. The maximum Gasteiger partial charge on any atom is 0.323 e. The van der Waals surface area contributed by atoms with Crippen LogP contribution in [-0.4, -0.2) is 41.3 Å². The number of nitrogens with one attached hydrogen (secondary N) is 2. The summed E-state index contributed by atoms with van der Waals surface area (Å²) in [6.45, 7) is 0.306. The average molecular weight is 607 g/mol. The Balaban J connectivity index is 1.48. The van der Waals surface area contributed by atoms with Gasteiger partial charge in [0.15, 0.2) is 11.6 Å². The molecule has 1 aromatic heterocycles. The van der Waals surface area contributed by atoms with Gasteiger partial charge in [0.05, 0.1) is 7.11 Å². The molecule has 1 fully saturated rings. The second-order valence-electron chi connectivity index (χ2n) is 8.51. The normalized spacial score (nSPS) is 14.1. The van der Waals surface area contributed by atoms with Gasteiger partial charge in [-0.2, -0.15) is 15.0 Å². The minimum absolute atomic E-state index is 0.151. The van der Waals surface area contributed by atoms with Gasteiger partial charge in [-0.1, -0.05) is 60.4 Å². The van der Waals surface area contributed by atoms with E-state index in [0.717, 1.165) is 34.3 Å². The molecule has 0 aliphatic heterocycles. The summed E-state index contributed by atoms with van der Waals surface area (Å²) in [5.74, 6) is 1.44. The molecule has 2 aromatic carbocycles. The minimum Gasteiger partial charge on any atom is -0.496 e. The van der Waals surface area contributed by atoms with E-state index in [1.54, 1.807) is 25.3 Å². The van der Waals surface area contributed by atoms with Crippen molar-refractivity contribution >= 4 is 40.2 Å². The van der Waals surface area contributed by atoms with Crippen LogP contribution in [0.2, 0.25) is 0 Å². The van der Waals surface area contributed by atoms with Gasteiger partial charge in [-0.25, -0.2) is 4.39 Å². The molecule has 2 N–H and O–H groups in total. The van der Waals surface area contributed by atoms with E-state index in [9.17, 15) is 4.39 Å². The third-order valence-electron chi connectivity index (χ3n) is 5.89. The Morgan fingerprint density at radius 2 is 1.67 bits per heavy atom. The van der Waals surface area contributed by atoms with E-state index in [1.165, 1.54) is 31.7 Å². The number of aromatic nitrogens is 3. The van der Waals surface area contributed by atoms with Crippen molar-refractivity contribution in [1.82, 2.24) is 15.0 Å². The summed E-state index contributed by atoms with van der Waals surface area (Å²) in [7, 11) is 1.66. The molecule has 1 aliphatic carbocycles. The van der Waals surface area contributed by atoms with Gasteiger partial charge in [0, 0.05) is 21.7 Å². The molecule has 36 heavy (non-hydrogen) atoms. The Labute approximate surface area is 224 Å². The second-order valence-corrected chi connectivity index (χ2v) is 9.27. The Kier molecular flexibility index (Phi) is 9.76. The van der Waals surface area contributed by atoms with Crippen LogP contribution in [0.1, 0.15) is 44.1 Å². The van der Waals surface area contributed by atoms with Crippen LogP contribution in [0.3, 0.4) is 0 Å². The molecular formula is C26H31FIN5O3. The van der Waals surface area contributed by atoms with Gasteiger partial charge in [0.2, 0.25) is 11.9 Å². The topological polar surface area (TPSA) is 90.4 Å². The van der Waals surface area contributed by atoms with Crippen LogP contribution in [0, 0.1) is 5.82 Å². The Bertz CT molecular complexity index is 1130. The zero-order valence-corrected chi connectivity index (χ0v) is 22.5. The lowest BCUT2D eigenvalue weighted by atomic mass is 10.1. The van der Waals surface area contributed by atoms with Crippen molar-refractivity contribution in [1.29, 1.82) is 0 Å². The van der Waals surface area contributed by atoms with E-state index in [2.05, 4.69) is 48.2 Å². The fourth-order valence-corrected chi connectivity index (χ4v) is 4.68. The highest BCUT2D eigenvalue weighted by molar-refractivity contribution is 14.1. The molecule has 3 aromatic rings. The molecule has 0 atom stereocenters. The van der Waals surface area contributed by atoms with Crippen molar-refractivity contribution in [2.24, 2.45) is 0 Å². The SMILES string of the molecule is COc1ccc(Nc2nc(NC3CCCCCC3)nc(OCCOc3ccccc3F)n2)cc1CI. The quantitative estimate of drug-likeness (QED) is 0.114. The number of benzene rings is 2. The summed E-state index contributed by atoms with van der Waals surface area (Å²) in [5.41, 5.74) is 1.90. The van der Waals surface area contributed by atoms with E-state index in [1.807, 2.05) is 18.2 Å². The van der Waals surface area contributed by atoms with Crippen molar-refractivity contribution in [2.75, 3.05) is 31.0 Å². The van der Waals surface area contributed by atoms with Crippen molar-refractivity contribution in [3.63, 3.8) is 0 Å². The molecule has 0 saturated heterocycles. The van der Waals surface area contributed by atoms with Crippen LogP contribution in [0.5, 0.6) is 17.5 Å². The highest BCUT2D eigenvalue weighted by Crippen LogP contribution is 2.27. The van der Waals surface area contributed by atoms with Crippen molar-refractivity contribution < 1.29 is 18.6 Å². The fraction of sp³-hybridized carbons (Fsp3) is 0.423.